The molecule has 508 valence electrons. The summed E-state index contributed by atoms with van der Waals surface area (Å²) in [5.41, 5.74) is -0.488. The van der Waals surface area contributed by atoms with Gasteiger partial charge in [0.05, 0.1) is 30.0 Å². The Hall–Kier alpha value is -5.06. The number of aliphatic carboxylic acids is 2. The van der Waals surface area contributed by atoms with Crippen LogP contribution >= 0.6 is 11.8 Å². The van der Waals surface area contributed by atoms with Gasteiger partial charge in [0.15, 0.2) is 6.17 Å². The number of allylic oxidation sites excluding steroid dienone is 3. The van der Waals surface area contributed by atoms with Crippen molar-refractivity contribution in [2.45, 2.75) is 266 Å². The minimum atomic E-state index is -1.21. The number of ether oxygens (including phenoxy) is 3. The van der Waals surface area contributed by atoms with Crippen LogP contribution in [0.5, 0.6) is 0 Å². The highest BCUT2D eigenvalue weighted by Crippen LogP contribution is 2.52. The van der Waals surface area contributed by atoms with E-state index in [2.05, 4.69) is 114 Å². The predicted octanol–water partition coefficient (Wildman–Crippen LogP) is 15.5. The third-order valence-corrected chi connectivity index (χ3v) is 21.7. The van der Waals surface area contributed by atoms with Crippen molar-refractivity contribution < 1.29 is 58.0 Å². The van der Waals surface area contributed by atoms with E-state index < -0.39 is 70.7 Å². The van der Waals surface area contributed by atoms with Crippen molar-refractivity contribution in [1.29, 1.82) is 0 Å². The van der Waals surface area contributed by atoms with Crippen LogP contribution in [-0.4, -0.2) is 99.4 Å². The van der Waals surface area contributed by atoms with Crippen LogP contribution in [0, 0.1) is 79.8 Å². The molecule has 17 heteroatoms. The van der Waals surface area contributed by atoms with Gasteiger partial charge in [-0.05, 0) is 152 Å². The summed E-state index contributed by atoms with van der Waals surface area (Å²) in [6, 6.07) is 0. The molecule has 4 aliphatic rings. The normalized spacial score (nSPS) is 24.6. The van der Waals surface area contributed by atoms with E-state index in [-0.39, 0.29) is 98.1 Å². The molecule has 90 heavy (non-hydrogen) atoms. The molecule has 0 spiro atoms. The number of carbonyl (C=O) groups excluding carboxylic acids is 5. The number of aliphatic imine (C=N–C) groups is 2. The van der Waals surface area contributed by atoms with Crippen LogP contribution in [0.3, 0.4) is 0 Å². The SMILES string of the molecule is C=C(C)C(=O)OCCCC(CC)(CC)C(=O)NC1N=C(C=C2N=C(NC(=O)C(CC)(CC)CCCSC(CC(=O)O)C(=O)O)C(C(=O)OC3C(C(C)(C)C)CC(C)CC3C(C)(C)C)=C2C(C)C)C(C(C)C)=C1C(=O)OC1C(C(C)(C)C)CC(C)CC1C(C)(C)C. The second-order valence-electron chi connectivity index (χ2n) is 31.9. The van der Waals surface area contributed by atoms with E-state index in [4.69, 9.17) is 24.2 Å². The van der Waals surface area contributed by atoms with Gasteiger partial charge in [-0.3, -0.25) is 24.2 Å². The molecule has 2 aliphatic carbocycles. The van der Waals surface area contributed by atoms with Gasteiger partial charge in [0, 0.05) is 40.1 Å². The number of amidine groups is 1. The summed E-state index contributed by atoms with van der Waals surface area (Å²) >= 11 is 1.04. The monoisotopic (exact) mass is 1270 g/mol. The summed E-state index contributed by atoms with van der Waals surface area (Å²) in [7, 11) is 0. The number of esters is 3. The quantitative estimate of drug-likeness (QED) is 0.0259. The minimum Gasteiger partial charge on any atom is -0.481 e. The molecule has 0 aromatic carbocycles. The van der Waals surface area contributed by atoms with E-state index in [1.165, 1.54) is 0 Å². The first-order chi connectivity index (χ1) is 41.4. The molecule has 0 bridgehead atoms. The number of nitrogens with zero attached hydrogens (tertiary/aromatic N) is 2. The highest BCUT2D eigenvalue weighted by molar-refractivity contribution is 8.00. The van der Waals surface area contributed by atoms with E-state index in [0.717, 1.165) is 37.4 Å². The van der Waals surface area contributed by atoms with E-state index in [9.17, 15) is 24.6 Å². The molecule has 2 amide bonds. The molecule has 2 heterocycles. The zero-order chi connectivity index (χ0) is 68.6. The smallest absolute Gasteiger partial charge is 0.342 e. The molecular weight excluding hydrogens is 1160 g/mol. The molecule has 6 atom stereocenters. The van der Waals surface area contributed by atoms with Gasteiger partial charge >= 0.3 is 29.8 Å². The number of nitrogens with one attached hydrogen (secondary N) is 2. The van der Waals surface area contributed by atoms with Crippen molar-refractivity contribution >= 4 is 65.0 Å². The largest absolute Gasteiger partial charge is 0.481 e. The highest BCUT2D eigenvalue weighted by atomic mass is 32.2. The second-order valence-corrected chi connectivity index (χ2v) is 33.2. The average Bonchev–Trinajstić information content (AvgIpc) is 1.43. The lowest BCUT2D eigenvalue weighted by Crippen LogP contribution is -2.50. The maximum Gasteiger partial charge on any atom is 0.342 e. The fourth-order valence-electron chi connectivity index (χ4n) is 14.6. The Morgan fingerprint density at radius 2 is 1.09 bits per heavy atom. The molecule has 6 unspecified atom stereocenters. The number of rotatable bonds is 27. The molecule has 0 saturated heterocycles. The van der Waals surface area contributed by atoms with E-state index >= 15 is 19.2 Å². The Labute approximate surface area is 545 Å². The summed E-state index contributed by atoms with van der Waals surface area (Å²) in [5.74, 6) is -4.43. The lowest BCUT2D eigenvalue weighted by Gasteiger charge is -2.50. The number of carboxylic acids is 2. The predicted molar refractivity (Wildman–Crippen MR) is 361 cm³/mol. The number of carboxylic acid groups (broad SMARTS) is 2. The number of hydrogen-bond acceptors (Lipinski definition) is 13. The van der Waals surface area contributed by atoms with Crippen molar-refractivity contribution in [1.82, 2.24) is 10.6 Å². The topological polar surface area (TPSA) is 236 Å². The zero-order valence-corrected chi connectivity index (χ0v) is 60.4. The highest BCUT2D eigenvalue weighted by Gasteiger charge is 2.52. The lowest BCUT2D eigenvalue weighted by molar-refractivity contribution is -0.165. The summed E-state index contributed by atoms with van der Waals surface area (Å²) in [6.45, 7) is 51.9. The maximum absolute atomic E-state index is 15.8. The van der Waals surface area contributed by atoms with Crippen molar-refractivity contribution in [2.75, 3.05) is 12.4 Å². The molecule has 4 N–H and O–H groups in total. The lowest BCUT2D eigenvalue weighted by atomic mass is 9.59. The van der Waals surface area contributed by atoms with E-state index in [0.29, 0.717) is 91.5 Å². The van der Waals surface area contributed by atoms with Crippen LogP contribution in [0.4, 0.5) is 0 Å². The standard InChI is InChI=1S/C73H118N4O12S/c1-25-72(26-2,31-29-33-87-63(82)43(9)10)66(85)76-60-56(64(83)88-58-46(68(13,14)15)35-44(11)36-47(58)69(16,17)18)54(41(5)6)50(74-60)39-51-55(42(7)8)57(65(84)89-59-48(70(19,20)21)37-45(12)38-49(59)71(22,23)24)61(75-51)77-67(86)73(27-3,28-4)32-30-34-90-52(62(80)81)40-53(78)79/h39,41-42,44-49,52,58-60H,9,25-38,40H2,1-8,10-24H3,(H,76,85)(H,78,79)(H,80,81)(H,75,77,86). The molecule has 2 saturated carbocycles. The molecule has 0 aromatic rings. The van der Waals surface area contributed by atoms with Gasteiger partial charge in [-0.2, -0.15) is 0 Å². The molecular formula is C73H118N4O12S. The molecule has 4 rings (SSSR count). The van der Waals surface area contributed by atoms with Gasteiger partial charge < -0.3 is 35.1 Å². The van der Waals surface area contributed by atoms with Gasteiger partial charge in [-0.1, -0.05) is 159 Å². The van der Waals surface area contributed by atoms with Crippen molar-refractivity contribution in [3.05, 3.63) is 46.2 Å². The average molecular weight is 1280 g/mol. The third-order valence-electron chi connectivity index (χ3n) is 20.4. The zero-order valence-electron chi connectivity index (χ0n) is 59.6. The van der Waals surface area contributed by atoms with Crippen LogP contribution in [0.1, 0.15) is 243 Å². The Balaban J connectivity index is 2.06. The van der Waals surface area contributed by atoms with Crippen LogP contribution < -0.4 is 10.6 Å². The number of thioether (sulfide) groups is 1. The summed E-state index contributed by atoms with van der Waals surface area (Å²) in [4.78, 5) is 109. The first-order valence-corrected chi connectivity index (χ1v) is 34.8. The Morgan fingerprint density at radius 1 is 0.656 bits per heavy atom. The van der Waals surface area contributed by atoms with Crippen molar-refractivity contribution in [3.63, 3.8) is 0 Å². The fourth-order valence-corrected chi connectivity index (χ4v) is 15.6. The first-order valence-electron chi connectivity index (χ1n) is 33.8. The van der Waals surface area contributed by atoms with Crippen LogP contribution in [0.15, 0.2) is 56.2 Å². The second kappa shape index (κ2) is 31.2. The minimum absolute atomic E-state index is 0.00433. The van der Waals surface area contributed by atoms with Crippen LogP contribution in [0.25, 0.3) is 0 Å². The van der Waals surface area contributed by atoms with Gasteiger partial charge in [0.2, 0.25) is 11.8 Å². The molecule has 0 radical (unpaired) electrons. The molecule has 2 aliphatic heterocycles. The van der Waals surface area contributed by atoms with E-state index in [1.807, 2.05) is 55.4 Å². The Morgan fingerprint density at radius 3 is 1.49 bits per heavy atom. The maximum atomic E-state index is 15.8. The number of hydrogen-bond donors (Lipinski definition) is 4. The summed E-state index contributed by atoms with van der Waals surface area (Å²) < 4.78 is 19.5. The van der Waals surface area contributed by atoms with Crippen molar-refractivity contribution in [3.8, 4) is 0 Å². The van der Waals surface area contributed by atoms with Crippen molar-refractivity contribution in [2.24, 2.45) is 89.8 Å². The molecule has 2 fully saturated rings. The Bertz CT molecular complexity index is 2740. The van der Waals surface area contributed by atoms with Gasteiger partial charge in [0.1, 0.15) is 28.9 Å². The fraction of sp³-hybridized carbons (Fsp3) is 0.767. The Kier molecular flexibility index (Phi) is 26.9. The number of amides is 2. The van der Waals surface area contributed by atoms with Crippen LogP contribution in [0.2, 0.25) is 0 Å². The van der Waals surface area contributed by atoms with Gasteiger partial charge in [-0.15, -0.1) is 11.8 Å². The summed E-state index contributed by atoms with van der Waals surface area (Å²) in [6.07, 6.45) is 5.77. The molecule has 0 aromatic heterocycles. The third kappa shape index (κ3) is 19.1. The van der Waals surface area contributed by atoms with Gasteiger partial charge in [-0.25, -0.2) is 19.4 Å². The van der Waals surface area contributed by atoms with E-state index in [1.54, 1.807) is 13.0 Å². The van der Waals surface area contributed by atoms with Crippen LogP contribution in [-0.2, 0) is 47.8 Å². The number of carbonyl (C=O) groups is 7. The van der Waals surface area contributed by atoms with Gasteiger partial charge in [0.25, 0.3) is 0 Å². The molecule has 16 nitrogen and oxygen atoms in total. The first kappa shape index (κ1) is 77.4. The summed E-state index contributed by atoms with van der Waals surface area (Å²) in [5, 5.41) is 24.5.